The summed E-state index contributed by atoms with van der Waals surface area (Å²) < 4.78 is 64.4. The molecule has 12 heavy (non-hydrogen) atoms. The van der Waals surface area contributed by atoms with Crippen LogP contribution in [0.25, 0.3) is 0 Å². The predicted octanol–water partition coefficient (Wildman–Crippen LogP) is 3.67. The van der Waals surface area contributed by atoms with Gasteiger partial charge in [-0.25, -0.2) is 4.20 Å². The molecule has 74 valence electrons. The lowest BCUT2D eigenvalue weighted by molar-refractivity contribution is -0.152. The monoisotopic (exact) mass is 229 g/mol. The van der Waals surface area contributed by atoms with Crippen molar-refractivity contribution in [2.75, 3.05) is 13.3 Å². The van der Waals surface area contributed by atoms with Gasteiger partial charge in [0.1, 0.15) is 8.02 Å². The van der Waals surface area contributed by atoms with Gasteiger partial charge in [-0.3, -0.25) is 0 Å². The van der Waals surface area contributed by atoms with Crippen molar-refractivity contribution in [3.8, 4) is 0 Å². The number of nitrogens with zero attached hydrogens (tertiary/aromatic N) is 1. The molecule has 0 fully saturated rings. The van der Waals surface area contributed by atoms with Crippen LogP contribution < -0.4 is 0 Å². The summed E-state index contributed by atoms with van der Waals surface area (Å²) in [5.74, 6) is 0. The maximum atomic E-state index is 12.1. The summed E-state index contributed by atoms with van der Waals surface area (Å²) in [6, 6.07) is 0. The molecule has 0 aliphatic carbocycles. The average molecular weight is 229 g/mol. The van der Waals surface area contributed by atoms with E-state index in [9.17, 15) is 21.6 Å². The minimum Gasteiger partial charge on any atom is -0.304 e. The second-order valence-electron chi connectivity index (χ2n) is 1.71. The minimum absolute atomic E-state index is 0.997. The molecule has 0 aromatic rings. The molecule has 0 aromatic heterocycles. The Hall–Kier alpha value is 0.270. The summed E-state index contributed by atoms with van der Waals surface area (Å²) in [6.07, 6.45) is -4.60. The van der Waals surface area contributed by atoms with E-state index in [4.69, 9.17) is 0 Å². The molecule has 0 aromatic carbocycles. The largest absolute Gasteiger partial charge is 0.412 e. The van der Waals surface area contributed by atoms with Crippen molar-refractivity contribution in [2.45, 2.75) is 6.18 Å². The van der Waals surface area contributed by atoms with Crippen molar-refractivity contribution in [1.29, 1.82) is 0 Å². The van der Waals surface area contributed by atoms with E-state index in [2.05, 4.69) is 9.04 Å². The minimum atomic E-state index is -4.60. The SMILES string of the molecule is C/[PH](F)=N/P(F)OCC(F)(F)F. The highest BCUT2D eigenvalue weighted by molar-refractivity contribution is 7.55. The van der Waals surface area contributed by atoms with Crippen molar-refractivity contribution >= 4 is 16.6 Å². The van der Waals surface area contributed by atoms with Crippen molar-refractivity contribution in [3.63, 3.8) is 0 Å². The molecule has 0 rings (SSSR count). The van der Waals surface area contributed by atoms with Gasteiger partial charge in [-0.1, -0.05) is 0 Å². The van der Waals surface area contributed by atoms with Crippen LogP contribution in [0, 0.1) is 0 Å². The van der Waals surface area contributed by atoms with E-state index in [1.165, 1.54) is 0 Å². The lowest BCUT2D eigenvalue weighted by Gasteiger charge is -2.06. The Kier molecular flexibility index (Phi) is 5.21. The van der Waals surface area contributed by atoms with Crippen LogP contribution in [0.5, 0.6) is 0 Å². The number of hydrogen-bond acceptors (Lipinski definition) is 2. The van der Waals surface area contributed by atoms with E-state index in [0.717, 1.165) is 6.66 Å². The third kappa shape index (κ3) is 8.37. The predicted molar refractivity (Wildman–Crippen MR) is 37.8 cm³/mol. The Bertz CT molecular complexity index is 167. The molecule has 0 heterocycles. The first-order chi connectivity index (χ1) is 5.31. The van der Waals surface area contributed by atoms with E-state index in [1.54, 1.807) is 0 Å². The van der Waals surface area contributed by atoms with Gasteiger partial charge < -0.3 is 4.52 Å². The van der Waals surface area contributed by atoms with Gasteiger partial charge in [0.2, 0.25) is 0 Å². The Labute approximate surface area is 67.7 Å². The van der Waals surface area contributed by atoms with Gasteiger partial charge in [0.25, 0.3) is 0 Å². The van der Waals surface area contributed by atoms with Crippen molar-refractivity contribution in [2.24, 2.45) is 4.52 Å². The Morgan fingerprint density at radius 2 is 2.00 bits per heavy atom. The summed E-state index contributed by atoms with van der Waals surface area (Å²) in [5, 5.41) is 0. The first-order valence-electron chi connectivity index (χ1n) is 2.67. The maximum Gasteiger partial charge on any atom is 0.412 e. The molecule has 0 amide bonds. The molecular weight excluding hydrogens is 223 g/mol. The van der Waals surface area contributed by atoms with Gasteiger partial charge in [-0.2, -0.15) is 21.9 Å². The van der Waals surface area contributed by atoms with Gasteiger partial charge in [-0.05, 0) is 6.66 Å². The molecule has 0 radical (unpaired) electrons. The molecule has 2 nitrogen and oxygen atoms in total. The topological polar surface area (TPSA) is 21.6 Å². The summed E-state index contributed by atoms with van der Waals surface area (Å²) in [6.45, 7) is -0.732. The molecule has 0 N–H and O–H groups in total. The van der Waals surface area contributed by atoms with Crippen molar-refractivity contribution < 1.29 is 26.1 Å². The van der Waals surface area contributed by atoms with E-state index >= 15 is 0 Å². The second-order valence-corrected chi connectivity index (χ2v) is 4.22. The zero-order chi connectivity index (χ0) is 9.78. The molecule has 2 unspecified atom stereocenters. The Balaban J connectivity index is 3.73. The van der Waals surface area contributed by atoms with Gasteiger partial charge in [0.05, 0.1) is 0 Å². The number of alkyl halides is 3. The third-order valence-corrected chi connectivity index (χ3v) is 2.62. The van der Waals surface area contributed by atoms with Gasteiger partial charge in [-0.15, -0.1) is 0 Å². The number of hydrogen-bond donors (Lipinski definition) is 0. The van der Waals surface area contributed by atoms with Crippen LogP contribution in [0.2, 0.25) is 0 Å². The highest BCUT2D eigenvalue weighted by Gasteiger charge is 2.29. The standard InChI is InChI=1S/C3H6F5NOP2/c1-11(7)9-12(8)10-2-3(4,5)6/h11H,2H2,1H3. The summed E-state index contributed by atoms with van der Waals surface area (Å²) in [7, 11) is -5.82. The quantitative estimate of drug-likeness (QED) is 0.534. The van der Waals surface area contributed by atoms with Crippen LogP contribution in [-0.2, 0) is 4.52 Å². The Morgan fingerprint density at radius 3 is 2.33 bits per heavy atom. The number of rotatable bonds is 3. The highest BCUT2D eigenvalue weighted by Crippen LogP contribution is 2.47. The smallest absolute Gasteiger partial charge is 0.304 e. The molecule has 9 heteroatoms. The molecule has 0 saturated carbocycles. The van der Waals surface area contributed by atoms with Crippen LogP contribution in [0.1, 0.15) is 0 Å². The van der Waals surface area contributed by atoms with E-state index in [-0.39, 0.29) is 0 Å². The van der Waals surface area contributed by atoms with E-state index in [1.807, 2.05) is 0 Å². The van der Waals surface area contributed by atoms with Gasteiger partial charge in [0.15, 0.2) is 6.61 Å². The molecule has 2 atom stereocenters. The molecule has 0 saturated heterocycles. The van der Waals surface area contributed by atoms with E-state index < -0.39 is 29.4 Å². The van der Waals surface area contributed by atoms with Gasteiger partial charge in [0, 0.05) is 0 Å². The van der Waals surface area contributed by atoms with Crippen molar-refractivity contribution in [1.82, 2.24) is 0 Å². The first-order valence-corrected chi connectivity index (χ1v) is 5.60. The van der Waals surface area contributed by atoms with Crippen LogP contribution >= 0.6 is 16.6 Å². The maximum absolute atomic E-state index is 12.1. The fraction of sp³-hybridized carbons (Fsp3) is 1.00. The van der Waals surface area contributed by atoms with Crippen LogP contribution in [-0.4, -0.2) is 19.4 Å². The summed E-state index contributed by atoms with van der Waals surface area (Å²) >= 11 is 0. The lowest BCUT2D eigenvalue weighted by atomic mass is 10.7. The molecular formula is C3H6F5NOP2. The van der Waals surface area contributed by atoms with Crippen LogP contribution in [0.4, 0.5) is 21.6 Å². The Morgan fingerprint density at radius 1 is 1.50 bits per heavy atom. The van der Waals surface area contributed by atoms with Crippen LogP contribution in [0.15, 0.2) is 4.52 Å². The third-order valence-electron chi connectivity index (χ3n) is 0.551. The number of halogens is 5. The molecule has 0 spiro atoms. The zero-order valence-corrected chi connectivity index (χ0v) is 7.79. The lowest BCUT2D eigenvalue weighted by Crippen LogP contribution is -2.14. The average Bonchev–Trinajstić information content (AvgIpc) is 1.80. The first kappa shape index (κ1) is 12.3. The van der Waals surface area contributed by atoms with Crippen LogP contribution in [0.3, 0.4) is 0 Å². The zero-order valence-electron chi connectivity index (χ0n) is 5.90. The summed E-state index contributed by atoms with van der Waals surface area (Å²) in [5.41, 5.74) is 0. The van der Waals surface area contributed by atoms with Crippen molar-refractivity contribution in [3.05, 3.63) is 0 Å². The highest BCUT2D eigenvalue weighted by atomic mass is 31.2. The van der Waals surface area contributed by atoms with E-state index in [0.29, 0.717) is 0 Å². The van der Waals surface area contributed by atoms with Gasteiger partial charge >= 0.3 is 14.8 Å². The fourth-order valence-electron chi connectivity index (χ4n) is 0.264. The second kappa shape index (κ2) is 5.10. The normalized spacial score (nSPS) is 17.8. The summed E-state index contributed by atoms with van der Waals surface area (Å²) in [4.78, 5) is 0. The molecule has 0 bridgehead atoms. The molecule has 0 aliphatic rings. The fourth-order valence-corrected chi connectivity index (χ4v) is 1.61. The molecule has 0 aliphatic heterocycles.